The molecule has 0 spiro atoms. The Morgan fingerprint density at radius 2 is 1.61 bits per heavy atom. The minimum Gasteiger partial charge on any atom is -0.756 e. The molecule has 0 aromatic carbocycles. The zero-order valence-corrected chi connectivity index (χ0v) is 19.0. The van der Waals surface area contributed by atoms with E-state index in [-0.39, 0.29) is 13.0 Å². The Kier molecular flexibility index (Phi) is 15.1. The zero-order chi connectivity index (χ0) is 21.5. The van der Waals surface area contributed by atoms with E-state index in [9.17, 15) is 19.4 Å². The number of hydrogen-bond donors (Lipinski definition) is 1. The van der Waals surface area contributed by atoms with E-state index in [0.29, 0.717) is 11.0 Å². The lowest BCUT2D eigenvalue weighted by Crippen LogP contribution is -2.37. The lowest BCUT2D eigenvalue weighted by atomic mass is 10.1. The SMILES string of the molecule is CCCCCCCCCCC(=O)O[C@H](CO)COP(=O)([O-])OCC[N+](C)(C)C. The Balaban J connectivity index is 3.93. The predicted octanol–water partition coefficient (Wildman–Crippen LogP) is 2.63. The van der Waals surface area contributed by atoms with Crippen LogP contribution in [0.1, 0.15) is 64.7 Å². The summed E-state index contributed by atoms with van der Waals surface area (Å²) in [5, 5.41) is 9.27. The lowest BCUT2D eigenvalue weighted by molar-refractivity contribution is -0.870. The largest absolute Gasteiger partial charge is 0.756 e. The van der Waals surface area contributed by atoms with E-state index in [1.54, 1.807) is 0 Å². The summed E-state index contributed by atoms with van der Waals surface area (Å²) in [6.45, 7) is 1.71. The summed E-state index contributed by atoms with van der Waals surface area (Å²) in [7, 11) is 1.24. The summed E-state index contributed by atoms with van der Waals surface area (Å²) in [5.41, 5.74) is 0. The Bertz CT molecular complexity index is 454. The number of phosphoric ester groups is 1. The van der Waals surface area contributed by atoms with Gasteiger partial charge in [-0.25, -0.2) is 0 Å². The van der Waals surface area contributed by atoms with Crippen LogP contribution in [0.2, 0.25) is 0 Å². The number of esters is 1. The van der Waals surface area contributed by atoms with Crippen LogP contribution in [-0.4, -0.2) is 69.2 Å². The van der Waals surface area contributed by atoms with Crippen molar-refractivity contribution < 1.29 is 37.6 Å². The summed E-state index contributed by atoms with van der Waals surface area (Å²) >= 11 is 0. The molecule has 28 heavy (non-hydrogen) atoms. The molecule has 0 heterocycles. The molecule has 0 bridgehead atoms. The van der Waals surface area contributed by atoms with E-state index in [0.717, 1.165) is 19.3 Å². The monoisotopic (exact) mass is 425 g/mol. The van der Waals surface area contributed by atoms with Gasteiger partial charge in [-0.15, -0.1) is 0 Å². The molecule has 0 rings (SSSR count). The van der Waals surface area contributed by atoms with E-state index < -0.39 is 33.1 Å². The van der Waals surface area contributed by atoms with Crippen molar-refractivity contribution in [1.82, 2.24) is 0 Å². The number of carbonyl (C=O) groups is 1. The van der Waals surface area contributed by atoms with Crippen molar-refractivity contribution in [2.45, 2.75) is 70.8 Å². The van der Waals surface area contributed by atoms with Crippen LogP contribution in [0.5, 0.6) is 0 Å². The highest BCUT2D eigenvalue weighted by Gasteiger charge is 2.19. The number of aliphatic hydroxyl groups is 1. The summed E-state index contributed by atoms with van der Waals surface area (Å²) < 4.78 is 26.8. The van der Waals surface area contributed by atoms with Crippen LogP contribution >= 0.6 is 7.82 Å². The molecule has 0 aliphatic rings. The predicted molar refractivity (Wildman–Crippen MR) is 107 cm³/mol. The van der Waals surface area contributed by atoms with Crippen LogP contribution in [-0.2, 0) is 23.1 Å². The van der Waals surface area contributed by atoms with Gasteiger partial charge >= 0.3 is 5.97 Å². The van der Waals surface area contributed by atoms with Crippen LogP contribution in [0.25, 0.3) is 0 Å². The molecular weight excluding hydrogens is 385 g/mol. The zero-order valence-electron chi connectivity index (χ0n) is 18.1. The Morgan fingerprint density at radius 1 is 1.04 bits per heavy atom. The molecule has 2 atom stereocenters. The molecule has 0 fully saturated rings. The van der Waals surface area contributed by atoms with Gasteiger partial charge in [-0.1, -0.05) is 51.9 Å². The molecule has 0 saturated heterocycles. The standard InChI is InChI=1S/C19H40NO7P/c1-5-6-7-8-9-10-11-12-13-19(22)27-18(16-21)17-26-28(23,24)25-15-14-20(2,3)4/h18,21H,5-17H2,1-4H3/t18-/m1/s1. The Morgan fingerprint density at radius 3 is 2.14 bits per heavy atom. The highest BCUT2D eigenvalue weighted by Crippen LogP contribution is 2.38. The number of phosphoric acid groups is 1. The van der Waals surface area contributed by atoms with E-state index in [1.165, 1.54) is 32.1 Å². The number of carbonyl (C=O) groups excluding carboxylic acids is 1. The summed E-state index contributed by atoms with van der Waals surface area (Å²) in [6, 6.07) is 0. The molecule has 9 heteroatoms. The number of unbranched alkanes of at least 4 members (excludes halogenated alkanes) is 7. The fourth-order valence-electron chi connectivity index (χ4n) is 2.41. The van der Waals surface area contributed by atoms with Crippen molar-refractivity contribution in [2.24, 2.45) is 0 Å². The molecular formula is C19H40NO7P. The van der Waals surface area contributed by atoms with Crippen LogP contribution in [0, 0.1) is 0 Å². The molecule has 1 unspecified atom stereocenters. The lowest BCUT2D eigenvalue weighted by Gasteiger charge is -2.28. The van der Waals surface area contributed by atoms with Gasteiger partial charge in [0, 0.05) is 6.42 Å². The highest BCUT2D eigenvalue weighted by atomic mass is 31.2. The molecule has 0 aliphatic heterocycles. The van der Waals surface area contributed by atoms with Gasteiger partial charge in [-0.2, -0.15) is 0 Å². The quantitative estimate of drug-likeness (QED) is 0.156. The third-order valence-corrected chi connectivity index (χ3v) is 5.13. The highest BCUT2D eigenvalue weighted by molar-refractivity contribution is 7.45. The van der Waals surface area contributed by atoms with Crippen molar-refractivity contribution in [3.63, 3.8) is 0 Å². The van der Waals surface area contributed by atoms with Gasteiger partial charge in [0.05, 0.1) is 34.4 Å². The number of hydrogen-bond acceptors (Lipinski definition) is 7. The van der Waals surface area contributed by atoms with Crippen molar-refractivity contribution in [1.29, 1.82) is 0 Å². The molecule has 8 nitrogen and oxygen atoms in total. The van der Waals surface area contributed by atoms with E-state index in [1.807, 2.05) is 21.1 Å². The average molecular weight is 426 g/mol. The molecule has 0 aliphatic carbocycles. The molecule has 0 saturated carbocycles. The van der Waals surface area contributed by atoms with Gasteiger partial charge in [0.25, 0.3) is 7.82 Å². The number of aliphatic hydroxyl groups excluding tert-OH is 1. The Hall–Kier alpha value is -0.500. The van der Waals surface area contributed by atoms with Gasteiger partial charge in [-0.05, 0) is 6.42 Å². The van der Waals surface area contributed by atoms with Gasteiger partial charge in [0.15, 0.2) is 0 Å². The molecule has 0 aromatic heterocycles. The van der Waals surface area contributed by atoms with Crippen molar-refractivity contribution in [3.8, 4) is 0 Å². The molecule has 0 amide bonds. The normalized spacial score (nSPS) is 15.2. The van der Waals surface area contributed by atoms with E-state index in [4.69, 9.17) is 13.8 Å². The first-order valence-corrected chi connectivity index (χ1v) is 11.8. The first kappa shape index (κ1) is 27.5. The smallest absolute Gasteiger partial charge is 0.306 e. The molecule has 1 N–H and O–H groups in total. The van der Waals surface area contributed by atoms with E-state index >= 15 is 0 Å². The second-order valence-electron chi connectivity index (χ2n) is 8.11. The average Bonchev–Trinajstić information content (AvgIpc) is 2.59. The van der Waals surface area contributed by atoms with Crippen molar-refractivity contribution >= 4 is 13.8 Å². The first-order valence-electron chi connectivity index (χ1n) is 10.3. The van der Waals surface area contributed by atoms with Crippen molar-refractivity contribution in [3.05, 3.63) is 0 Å². The molecule has 0 aromatic rings. The topological polar surface area (TPSA) is 105 Å². The van der Waals surface area contributed by atoms with Crippen LogP contribution < -0.4 is 4.89 Å². The maximum Gasteiger partial charge on any atom is 0.306 e. The summed E-state index contributed by atoms with van der Waals surface area (Å²) in [4.78, 5) is 23.5. The molecule has 0 radical (unpaired) electrons. The van der Waals surface area contributed by atoms with Crippen molar-refractivity contribution in [2.75, 3.05) is 47.5 Å². The van der Waals surface area contributed by atoms with Crippen LogP contribution in [0.4, 0.5) is 0 Å². The third-order valence-electron chi connectivity index (χ3n) is 4.17. The maximum absolute atomic E-state index is 11.8. The van der Waals surface area contributed by atoms with E-state index in [2.05, 4.69) is 6.92 Å². The fourth-order valence-corrected chi connectivity index (χ4v) is 3.14. The van der Waals surface area contributed by atoms with Crippen LogP contribution in [0.3, 0.4) is 0 Å². The minimum atomic E-state index is -4.49. The fraction of sp³-hybridized carbons (Fsp3) is 0.947. The van der Waals surface area contributed by atoms with Crippen LogP contribution in [0.15, 0.2) is 0 Å². The number of likely N-dealkylation sites (N-methyl/N-ethyl adjacent to an activating group) is 1. The van der Waals surface area contributed by atoms with Gasteiger partial charge in [0.2, 0.25) is 0 Å². The van der Waals surface area contributed by atoms with Gasteiger partial charge in [-0.3, -0.25) is 9.36 Å². The second kappa shape index (κ2) is 15.4. The second-order valence-corrected chi connectivity index (χ2v) is 9.52. The Labute approximate surface area is 170 Å². The molecule has 168 valence electrons. The number of quaternary nitrogens is 1. The maximum atomic E-state index is 11.8. The van der Waals surface area contributed by atoms with Gasteiger partial charge < -0.3 is 28.3 Å². The summed E-state index contributed by atoms with van der Waals surface area (Å²) in [6.07, 6.45) is 8.17. The summed E-state index contributed by atoms with van der Waals surface area (Å²) in [5.74, 6) is -0.458. The minimum absolute atomic E-state index is 0.00764. The number of rotatable bonds is 18. The third kappa shape index (κ3) is 17.6. The van der Waals surface area contributed by atoms with Gasteiger partial charge in [0.1, 0.15) is 19.3 Å². The number of ether oxygens (including phenoxy) is 1. The number of nitrogens with zero attached hydrogens (tertiary/aromatic N) is 1. The first-order chi connectivity index (χ1) is 13.1.